The Morgan fingerprint density at radius 1 is 0.750 bits per heavy atom. The van der Waals surface area contributed by atoms with Crippen LogP contribution in [0.4, 0.5) is 0 Å². The Kier molecular flexibility index (Phi) is 3.06. The van der Waals surface area contributed by atoms with Crippen LogP contribution in [-0.4, -0.2) is 9.97 Å². The van der Waals surface area contributed by atoms with Gasteiger partial charge in [-0.25, -0.2) is 4.98 Å². The average Bonchev–Trinajstić information content (AvgIpc) is 3.41. The van der Waals surface area contributed by atoms with Gasteiger partial charge in [0.1, 0.15) is 5.58 Å². The van der Waals surface area contributed by atoms with Gasteiger partial charge >= 0.3 is 0 Å². The minimum Gasteiger partial charge on any atom is -0.437 e. The highest BCUT2D eigenvalue weighted by atomic mass is 16.3. The number of aromatic nitrogens is 2. The zero-order valence-electron chi connectivity index (χ0n) is 32.0. The van der Waals surface area contributed by atoms with Crippen molar-refractivity contribution in [3.8, 4) is 22.4 Å². The Morgan fingerprint density at radius 3 is 2.53 bits per heavy atom. The van der Waals surface area contributed by atoms with Crippen molar-refractivity contribution in [1.82, 2.24) is 9.97 Å². The van der Waals surface area contributed by atoms with E-state index in [1.54, 1.807) is 42.5 Å². The minimum absolute atomic E-state index is 0.0146. The van der Waals surface area contributed by atoms with Gasteiger partial charge < -0.3 is 4.42 Å². The molecule has 6 aromatic rings. The fourth-order valence-electron chi connectivity index (χ4n) is 4.21. The van der Waals surface area contributed by atoms with Gasteiger partial charge in [0.25, 0.3) is 0 Å². The lowest BCUT2D eigenvalue weighted by Gasteiger charge is -2.12. The first kappa shape index (κ1) is 12.1. The van der Waals surface area contributed by atoms with Crippen molar-refractivity contribution in [3.05, 3.63) is 119 Å². The summed E-state index contributed by atoms with van der Waals surface area (Å²) >= 11 is 0. The summed E-state index contributed by atoms with van der Waals surface area (Å²) in [5, 5.41) is 1.09. The Balaban J connectivity index is 1.53. The van der Waals surface area contributed by atoms with E-state index in [0.717, 1.165) is 12.3 Å². The SMILES string of the molecule is [2H]C([2H])([2H])c1ccc(-c2cc(-c3cccc4c3oc3nc(C([2H])([2H])C([2H])([2H])c5ccccc5)ccc34)ncc2C([2H])([2H])[2H])c(C([2H])([2H])[2H])c1. The summed E-state index contributed by atoms with van der Waals surface area (Å²) in [6, 6.07) is 21.1. The second-order valence-electron chi connectivity index (χ2n) is 8.33. The van der Waals surface area contributed by atoms with E-state index >= 15 is 0 Å². The normalized spacial score (nSPS) is 18.6. The van der Waals surface area contributed by atoms with Crippen LogP contribution < -0.4 is 0 Å². The summed E-state index contributed by atoms with van der Waals surface area (Å²) in [6.45, 7) is -8.08. The molecule has 0 saturated heterocycles. The molecule has 3 heteroatoms. The Morgan fingerprint density at radius 2 is 1.67 bits per heavy atom. The second-order valence-corrected chi connectivity index (χ2v) is 8.33. The molecule has 0 radical (unpaired) electrons. The second kappa shape index (κ2) is 9.09. The number of pyridine rings is 2. The first-order valence-corrected chi connectivity index (χ1v) is 11.3. The Bertz CT molecular complexity index is 2200. The van der Waals surface area contributed by atoms with Crippen LogP contribution >= 0.6 is 0 Å². The number of benzene rings is 3. The number of rotatable bonds is 5. The number of fused-ring (bicyclic) bond motifs is 3. The van der Waals surface area contributed by atoms with Gasteiger partial charge in [0, 0.05) is 46.0 Å². The van der Waals surface area contributed by atoms with Crippen molar-refractivity contribution in [3.63, 3.8) is 0 Å². The van der Waals surface area contributed by atoms with Crippen LogP contribution in [0.2, 0.25) is 0 Å². The summed E-state index contributed by atoms with van der Waals surface area (Å²) < 4.78 is 113. The summed E-state index contributed by atoms with van der Waals surface area (Å²) in [5.41, 5.74) is 0.173. The van der Waals surface area contributed by atoms with E-state index in [0.29, 0.717) is 16.3 Å². The number of hydrogen-bond donors (Lipinski definition) is 0. The van der Waals surface area contributed by atoms with Gasteiger partial charge in [0.2, 0.25) is 5.71 Å². The molecule has 0 N–H and O–H groups in total. The molecule has 0 aliphatic carbocycles. The molecule has 0 saturated carbocycles. The minimum atomic E-state index is -2.78. The summed E-state index contributed by atoms with van der Waals surface area (Å²) in [5.74, 6) is 0. The molecule has 0 aliphatic heterocycles. The predicted octanol–water partition coefficient (Wildman–Crippen LogP) is 8.42. The highest BCUT2D eigenvalue weighted by Gasteiger charge is 2.16. The van der Waals surface area contributed by atoms with E-state index in [4.69, 9.17) is 22.2 Å². The lowest BCUT2D eigenvalue weighted by atomic mass is 9.94. The highest BCUT2D eigenvalue weighted by Crippen LogP contribution is 2.37. The van der Waals surface area contributed by atoms with Crippen LogP contribution in [0.1, 0.15) is 45.8 Å². The van der Waals surface area contributed by atoms with Gasteiger partial charge in [-0.1, -0.05) is 66.2 Å². The number of furan rings is 1. The third kappa shape index (κ3) is 4.07. The molecule has 6 rings (SSSR count). The Hall–Kier alpha value is -4.24. The zero-order chi connectivity index (χ0) is 35.7. The largest absolute Gasteiger partial charge is 0.437 e. The molecule has 176 valence electrons. The van der Waals surface area contributed by atoms with Crippen LogP contribution in [0.3, 0.4) is 0 Å². The summed E-state index contributed by atoms with van der Waals surface area (Å²) in [7, 11) is 0. The monoisotopic (exact) mass is 481 g/mol. The maximum atomic E-state index is 8.74. The molecule has 36 heavy (non-hydrogen) atoms. The molecule has 3 aromatic carbocycles. The predicted molar refractivity (Wildman–Crippen MR) is 148 cm³/mol. The fraction of sp³-hybridized carbons (Fsp3) is 0.152. The van der Waals surface area contributed by atoms with Crippen LogP contribution in [0, 0.1) is 20.6 Å². The standard InChI is InChI=1S/C33H28N2O/c1-21-12-16-26(22(2)18-21)30-19-31(34-20-23(30)3)29-11-7-10-27-28-17-15-25(35-33(28)36-32(27)29)14-13-24-8-5-4-6-9-24/h4-12,15-20H,13-14H2,1-3H3/i1D3,2D3,3D3,13D2,14D2. The van der Waals surface area contributed by atoms with E-state index in [2.05, 4.69) is 9.97 Å². The van der Waals surface area contributed by atoms with E-state index in [9.17, 15) is 0 Å². The molecule has 3 nitrogen and oxygen atoms in total. The van der Waals surface area contributed by atoms with Crippen molar-refractivity contribution in [1.29, 1.82) is 0 Å². The maximum absolute atomic E-state index is 8.74. The smallest absolute Gasteiger partial charge is 0.227 e. The van der Waals surface area contributed by atoms with Gasteiger partial charge in [-0.05, 0) is 85.4 Å². The third-order valence-corrected chi connectivity index (χ3v) is 5.96. The maximum Gasteiger partial charge on any atom is 0.227 e. The number of nitrogens with zero attached hydrogens (tertiary/aromatic N) is 2. The Labute approximate surface area is 229 Å². The lowest BCUT2D eigenvalue weighted by molar-refractivity contribution is 0.651. The average molecular weight is 482 g/mol. The molecule has 0 spiro atoms. The van der Waals surface area contributed by atoms with Crippen LogP contribution in [0.25, 0.3) is 44.5 Å². The number of aryl methyl sites for hydroxylation is 5. The quantitative estimate of drug-likeness (QED) is 0.248. The molecule has 0 amide bonds. The molecule has 0 aliphatic rings. The van der Waals surface area contributed by atoms with Crippen LogP contribution in [-0.2, 0) is 12.7 Å². The molecule has 3 aromatic heterocycles. The first-order chi connectivity index (χ1) is 22.7. The molecule has 0 fully saturated rings. The first-order valence-electron chi connectivity index (χ1n) is 17.8. The number of para-hydroxylation sites is 1. The van der Waals surface area contributed by atoms with E-state index in [1.807, 2.05) is 0 Å². The van der Waals surface area contributed by atoms with Gasteiger partial charge in [-0.15, -0.1) is 0 Å². The molecule has 0 atom stereocenters. The number of hydrogen-bond acceptors (Lipinski definition) is 3. The molecule has 0 unspecified atom stereocenters. The highest BCUT2D eigenvalue weighted by molar-refractivity contribution is 6.08. The molecular formula is C33H28N2O. The van der Waals surface area contributed by atoms with E-state index in [-0.39, 0.29) is 56.1 Å². The molecule has 3 heterocycles. The topological polar surface area (TPSA) is 38.9 Å². The molecule has 0 bridgehead atoms. The van der Waals surface area contributed by atoms with Gasteiger partial charge in [0.05, 0.1) is 5.69 Å². The summed E-state index contributed by atoms with van der Waals surface area (Å²) in [4.78, 5) is 8.82. The van der Waals surface area contributed by atoms with Crippen LogP contribution in [0.5, 0.6) is 0 Å². The van der Waals surface area contributed by atoms with Crippen molar-refractivity contribution in [2.45, 2.75) is 33.3 Å². The van der Waals surface area contributed by atoms with Crippen molar-refractivity contribution >= 4 is 22.1 Å². The van der Waals surface area contributed by atoms with Gasteiger partial charge in [-0.2, -0.15) is 0 Å². The van der Waals surface area contributed by atoms with E-state index in [1.165, 1.54) is 36.4 Å². The van der Waals surface area contributed by atoms with Crippen molar-refractivity contribution < 1.29 is 22.2 Å². The zero-order valence-corrected chi connectivity index (χ0v) is 19.0. The summed E-state index contributed by atoms with van der Waals surface area (Å²) in [6.07, 6.45) is -3.86. The van der Waals surface area contributed by atoms with Crippen molar-refractivity contribution in [2.75, 3.05) is 0 Å². The fourth-order valence-corrected chi connectivity index (χ4v) is 4.21. The van der Waals surface area contributed by atoms with E-state index < -0.39 is 33.3 Å². The third-order valence-electron chi connectivity index (χ3n) is 5.96. The molecular weight excluding hydrogens is 440 g/mol. The van der Waals surface area contributed by atoms with Crippen LogP contribution in [0.15, 0.2) is 95.5 Å². The van der Waals surface area contributed by atoms with Gasteiger partial charge in [-0.3, -0.25) is 4.98 Å². The lowest BCUT2D eigenvalue weighted by Crippen LogP contribution is -1.93. The van der Waals surface area contributed by atoms with Gasteiger partial charge in [0.15, 0.2) is 0 Å². The van der Waals surface area contributed by atoms with Crippen molar-refractivity contribution in [2.24, 2.45) is 0 Å².